The van der Waals surface area contributed by atoms with Crippen LogP contribution in [-0.4, -0.2) is 52.4 Å². The van der Waals surface area contributed by atoms with Gasteiger partial charge < -0.3 is 20.5 Å². The molecule has 0 aliphatic heterocycles. The lowest BCUT2D eigenvalue weighted by atomic mass is 10.1. The van der Waals surface area contributed by atoms with Gasteiger partial charge >= 0.3 is 0 Å². The average molecular weight is 371 g/mol. The molecule has 1 heterocycles. The maximum Gasteiger partial charge on any atom is 0.242 e. The number of amides is 1. The van der Waals surface area contributed by atoms with Crippen molar-refractivity contribution in [2.24, 2.45) is 4.99 Å². The van der Waals surface area contributed by atoms with Crippen LogP contribution in [0.15, 0.2) is 41.5 Å². The fourth-order valence-corrected chi connectivity index (χ4v) is 2.58. The van der Waals surface area contributed by atoms with E-state index >= 15 is 0 Å². The minimum absolute atomic E-state index is 0.0807. The summed E-state index contributed by atoms with van der Waals surface area (Å²) >= 11 is 0. The molecule has 2 aromatic rings. The molecule has 1 aromatic carbocycles. The van der Waals surface area contributed by atoms with E-state index in [4.69, 9.17) is 0 Å². The molecule has 7 heteroatoms. The summed E-state index contributed by atoms with van der Waals surface area (Å²) in [7, 11) is 1.92. The van der Waals surface area contributed by atoms with Gasteiger partial charge in [-0.05, 0) is 33.3 Å². The number of nitrogens with one attached hydrogen (secondary N) is 3. The minimum atomic E-state index is -0.265. The monoisotopic (exact) mass is 370 g/mol. The number of H-pyrrole nitrogens is 1. The van der Waals surface area contributed by atoms with Crippen LogP contribution < -0.4 is 10.6 Å². The maximum absolute atomic E-state index is 12.0. The summed E-state index contributed by atoms with van der Waals surface area (Å²) in [6, 6.07) is 10.1. The van der Waals surface area contributed by atoms with Gasteiger partial charge in [-0.1, -0.05) is 30.3 Å². The van der Waals surface area contributed by atoms with Crippen LogP contribution in [0.5, 0.6) is 0 Å². The Labute approximate surface area is 161 Å². The second-order valence-corrected chi connectivity index (χ2v) is 7.43. The summed E-state index contributed by atoms with van der Waals surface area (Å²) in [5.41, 5.74) is 1.81. The normalized spacial score (nSPS) is 12.0. The smallest absolute Gasteiger partial charge is 0.242 e. The Balaban J connectivity index is 2.02. The van der Waals surface area contributed by atoms with Crippen LogP contribution in [0.1, 0.15) is 33.5 Å². The summed E-state index contributed by atoms with van der Waals surface area (Å²) in [6.45, 7) is 9.21. The third-order valence-electron chi connectivity index (χ3n) is 3.68. The highest BCUT2D eigenvalue weighted by molar-refractivity contribution is 5.85. The van der Waals surface area contributed by atoms with Crippen LogP contribution in [0.25, 0.3) is 11.3 Å². The van der Waals surface area contributed by atoms with Crippen molar-refractivity contribution < 1.29 is 4.79 Å². The van der Waals surface area contributed by atoms with Crippen LogP contribution in [0.2, 0.25) is 0 Å². The number of guanidine groups is 1. The number of aromatic amines is 1. The summed E-state index contributed by atoms with van der Waals surface area (Å²) < 4.78 is 0. The summed E-state index contributed by atoms with van der Waals surface area (Å²) in [5, 5.41) is 6.13. The van der Waals surface area contributed by atoms with Crippen LogP contribution in [0.3, 0.4) is 0 Å². The molecule has 0 spiro atoms. The number of hydrogen-bond acceptors (Lipinski definition) is 3. The highest BCUT2D eigenvalue weighted by Crippen LogP contribution is 2.16. The fraction of sp³-hybridized carbons (Fsp3) is 0.450. The van der Waals surface area contributed by atoms with Gasteiger partial charge in [0.25, 0.3) is 0 Å². The van der Waals surface area contributed by atoms with E-state index < -0.39 is 0 Å². The van der Waals surface area contributed by atoms with E-state index in [9.17, 15) is 4.79 Å². The molecule has 0 atom stereocenters. The average Bonchev–Trinajstić information content (AvgIpc) is 3.06. The van der Waals surface area contributed by atoms with Crippen molar-refractivity contribution in [2.45, 2.75) is 39.8 Å². The van der Waals surface area contributed by atoms with Gasteiger partial charge in [-0.25, -0.2) is 9.98 Å². The van der Waals surface area contributed by atoms with Gasteiger partial charge in [0.15, 0.2) is 5.96 Å². The van der Waals surface area contributed by atoms with E-state index in [-0.39, 0.29) is 18.0 Å². The minimum Gasteiger partial charge on any atom is -0.357 e. The Bertz CT molecular complexity index is 760. The lowest BCUT2D eigenvalue weighted by Crippen LogP contribution is -2.43. The first-order chi connectivity index (χ1) is 12.8. The van der Waals surface area contributed by atoms with E-state index in [0.29, 0.717) is 12.5 Å². The molecule has 2 rings (SSSR count). The fourth-order valence-electron chi connectivity index (χ4n) is 2.58. The summed E-state index contributed by atoms with van der Waals surface area (Å²) in [6.07, 6.45) is 1.83. The summed E-state index contributed by atoms with van der Waals surface area (Å²) in [5.74, 6) is 1.40. The van der Waals surface area contributed by atoms with Crippen LogP contribution >= 0.6 is 0 Å². The maximum atomic E-state index is 12.0. The van der Waals surface area contributed by atoms with Gasteiger partial charge in [0.05, 0.1) is 18.4 Å². The number of carbonyl (C=O) groups excluding carboxylic acids is 1. The molecular weight excluding hydrogens is 340 g/mol. The van der Waals surface area contributed by atoms with Crippen molar-refractivity contribution in [1.82, 2.24) is 25.5 Å². The molecule has 0 saturated heterocycles. The Morgan fingerprint density at radius 3 is 2.59 bits per heavy atom. The Kier molecular flexibility index (Phi) is 6.98. The highest BCUT2D eigenvalue weighted by atomic mass is 16.2. The number of aromatic nitrogens is 2. The number of hydrogen-bond donors (Lipinski definition) is 3. The zero-order chi connectivity index (χ0) is 19.9. The van der Waals surface area contributed by atoms with Gasteiger partial charge in [0.2, 0.25) is 5.91 Å². The van der Waals surface area contributed by atoms with Crippen molar-refractivity contribution >= 4 is 11.9 Å². The zero-order valence-corrected chi connectivity index (χ0v) is 16.8. The van der Waals surface area contributed by atoms with Gasteiger partial charge in [0, 0.05) is 19.1 Å². The molecule has 0 bridgehead atoms. The van der Waals surface area contributed by atoms with E-state index in [1.807, 2.05) is 76.2 Å². The predicted octanol–water partition coefficient (Wildman–Crippen LogP) is 2.39. The second kappa shape index (κ2) is 9.21. The largest absolute Gasteiger partial charge is 0.357 e. The van der Waals surface area contributed by atoms with Crippen LogP contribution in [0.4, 0.5) is 0 Å². The van der Waals surface area contributed by atoms with Crippen LogP contribution in [-0.2, 0) is 11.3 Å². The van der Waals surface area contributed by atoms with Gasteiger partial charge in [0.1, 0.15) is 12.4 Å². The van der Waals surface area contributed by atoms with Crippen molar-refractivity contribution in [3.8, 4) is 11.3 Å². The standard InChI is InChI=1S/C20H30N6O/c1-6-21-19(23-13-18(27)25-20(2,3)4)26(5)14-17-22-12-16(24-17)15-10-8-7-9-11-15/h7-12H,6,13-14H2,1-5H3,(H,21,23)(H,22,24)(H,25,27). The number of carbonyl (C=O) groups is 1. The predicted molar refractivity (Wildman–Crippen MR) is 109 cm³/mol. The molecule has 0 aliphatic carbocycles. The molecule has 3 N–H and O–H groups in total. The molecule has 0 fully saturated rings. The molecular formula is C20H30N6O. The van der Waals surface area contributed by atoms with E-state index in [2.05, 4.69) is 25.6 Å². The molecule has 1 aromatic heterocycles. The number of rotatable bonds is 6. The molecule has 146 valence electrons. The van der Waals surface area contributed by atoms with Gasteiger partial charge in [-0.3, -0.25) is 4.79 Å². The molecule has 7 nitrogen and oxygen atoms in total. The van der Waals surface area contributed by atoms with Crippen molar-refractivity contribution in [2.75, 3.05) is 20.1 Å². The van der Waals surface area contributed by atoms with Crippen LogP contribution in [0, 0.1) is 0 Å². The van der Waals surface area contributed by atoms with Gasteiger partial charge in [-0.2, -0.15) is 0 Å². The lowest BCUT2D eigenvalue weighted by molar-refractivity contribution is -0.121. The van der Waals surface area contributed by atoms with Crippen molar-refractivity contribution in [3.05, 3.63) is 42.4 Å². The Morgan fingerprint density at radius 2 is 1.96 bits per heavy atom. The van der Waals surface area contributed by atoms with Gasteiger partial charge in [-0.15, -0.1) is 0 Å². The van der Waals surface area contributed by atoms with E-state index in [0.717, 1.165) is 23.6 Å². The first-order valence-electron chi connectivity index (χ1n) is 9.18. The van der Waals surface area contributed by atoms with Crippen molar-refractivity contribution in [1.29, 1.82) is 0 Å². The zero-order valence-electron chi connectivity index (χ0n) is 16.8. The first-order valence-corrected chi connectivity index (χ1v) is 9.18. The van der Waals surface area contributed by atoms with E-state index in [1.54, 1.807) is 0 Å². The molecule has 27 heavy (non-hydrogen) atoms. The number of nitrogens with zero attached hydrogens (tertiary/aromatic N) is 3. The SMILES string of the molecule is CCNC(=NCC(=O)NC(C)(C)C)N(C)Cc1ncc(-c2ccccc2)[nH]1. The van der Waals surface area contributed by atoms with Crippen molar-refractivity contribution in [3.63, 3.8) is 0 Å². The Hall–Kier alpha value is -2.83. The number of benzene rings is 1. The third-order valence-corrected chi connectivity index (χ3v) is 3.68. The molecule has 0 unspecified atom stereocenters. The Morgan fingerprint density at radius 1 is 1.26 bits per heavy atom. The summed E-state index contributed by atoms with van der Waals surface area (Å²) in [4.78, 5) is 26.2. The second-order valence-electron chi connectivity index (χ2n) is 7.43. The number of imidazole rings is 1. The molecule has 0 radical (unpaired) electrons. The highest BCUT2D eigenvalue weighted by Gasteiger charge is 2.14. The topological polar surface area (TPSA) is 85.4 Å². The quantitative estimate of drug-likeness (QED) is 0.538. The first kappa shape index (κ1) is 20.5. The molecule has 0 saturated carbocycles. The molecule has 1 amide bonds. The lowest BCUT2D eigenvalue weighted by Gasteiger charge is -2.22. The third kappa shape index (κ3) is 6.77. The molecule has 0 aliphatic rings. The number of aliphatic imine (C=N–C) groups is 1. The van der Waals surface area contributed by atoms with E-state index in [1.165, 1.54) is 0 Å².